The number of hydrogen-bond acceptors (Lipinski definition) is 4. The molecule has 1 heterocycles. The number of benzene rings is 1. The summed E-state index contributed by atoms with van der Waals surface area (Å²) in [6.07, 6.45) is 0. The van der Waals surface area contributed by atoms with Crippen LogP contribution in [0.3, 0.4) is 0 Å². The number of nitrogens with zero attached hydrogens (tertiary/aromatic N) is 1. The molecule has 0 unspecified atom stereocenters. The standard InChI is InChI=1S/C11H8NO2S/c13-8-14-6-11-12-10(7-15-11)9-4-2-1-3-5-9/h1-5,7H,6H2. The zero-order valence-electron chi connectivity index (χ0n) is 7.84. The molecular weight excluding hydrogens is 210 g/mol. The van der Waals surface area contributed by atoms with Gasteiger partial charge in [0.2, 0.25) is 0 Å². The van der Waals surface area contributed by atoms with E-state index in [1.807, 2.05) is 35.7 Å². The Kier molecular flexibility index (Phi) is 3.09. The van der Waals surface area contributed by atoms with Gasteiger partial charge in [-0.05, 0) is 0 Å². The van der Waals surface area contributed by atoms with Gasteiger partial charge in [0.05, 0.1) is 5.69 Å². The molecular formula is C11H8NO2S. The smallest absolute Gasteiger partial charge is 0.417 e. The van der Waals surface area contributed by atoms with Crippen molar-refractivity contribution in [1.82, 2.24) is 4.98 Å². The second-order valence-electron chi connectivity index (χ2n) is 2.86. The van der Waals surface area contributed by atoms with Gasteiger partial charge in [-0.1, -0.05) is 30.3 Å². The lowest BCUT2D eigenvalue weighted by Gasteiger charge is -1.94. The molecule has 0 fully saturated rings. The first-order valence-corrected chi connectivity index (χ1v) is 5.27. The first kappa shape index (κ1) is 9.86. The van der Waals surface area contributed by atoms with Gasteiger partial charge in [0.1, 0.15) is 11.6 Å². The molecule has 0 bridgehead atoms. The van der Waals surface area contributed by atoms with E-state index in [2.05, 4.69) is 9.72 Å². The van der Waals surface area contributed by atoms with Crippen molar-refractivity contribution in [2.24, 2.45) is 0 Å². The van der Waals surface area contributed by atoms with E-state index in [1.165, 1.54) is 17.8 Å². The molecule has 0 amide bonds. The molecule has 3 nitrogen and oxygen atoms in total. The highest BCUT2D eigenvalue weighted by Crippen LogP contribution is 2.21. The van der Waals surface area contributed by atoms with Crippen LogP contribution in [0, 0.1) is 0 Å². The normalized spacial score (nSPS) is 9.87. The Morgan fingerprint density at radius 3 is 2.87 bits per heavy atom. The van der Waals surface area contributed by atoms with Gasteiger partial charge in [-0.15, -0.1) is 11.3 Å². The van der Waals surface area contributed by atoms with E-state index in [9.17, 15) is 4.79 Å². The van der Waals surface area contributed by atoms with Gasteiger partial charge in [-0.3, -0.25) is 0 Å². The SMILES string of the molecule is O=[C]OCc1nc(-c2ccccc2)cs1. The number of thiazole rings is 1. The topological polar surface area (TPSA) is 39.2 Å². The quantitative estimate of drug-likeness (QED) is 0.791. The van der Waals surface area contributed by atoms with Crippen molar-refractivity contribution in [3.8, 4) is 11.3 Å². The summed E-state index contributed by atoms with van der Waals surface area (Å²) in [5, 5.41) is 2.72. The van der Waals surface area contributed by atoms with E-state index in [-0.39, 0.29) is 6.61 Å². The second-order valence-corrected chi connectivity index (χ2v) is 3.81. The molecule has 0 saturated carbocycles. The van der Waals surface area contributed by atoms with Crippen LogP contribution in [-0.2, 0) is 16.1 Å². The highest BCUT2D eigenvalue weighted by molar-refractivity contribution is 7.09. The van der Waals surface area contributed by atoms with Crippen LogP contribution in [0.4, 0.5) is 0 Å². The minimum Gasteiger partial charge on any atom is -0.450 e. The molecule has 15 heavy (non-hydrogen) atoms. The van der Waals surface area contributed by atoms with Gasteiger partial charge in [0.15, 0.2) is 0 Å². The third-order valence-electron chi connectivity index (χ3n) is 1.88. The van der Waals surface area contributed by atoms with Crippen molar-refractivity contribution in [2.45, 2.75) is 6.61 Å². The van der Waals surface area contributed by atoms with Gasteiger partial charge in [-0.2, -0.15) is 0 Å². The van der Waals surface area contributed by atoms with E-state index >= 15 is 0 Å². The van der Waals surface area contributed by atoms with Crippen LogP contribution < -0.4 is 0 Å². The molecule has 0 aliphatic carbocycles. The molecule has 0 N–H and O–H groups in total. The molecule has 4 heteroatoms. The highest BCUT2D eigenvalue weighted by atomic mass is 32.1. The number of carbonyl (C=O) groups excluding carboxylic acids is 1. The zero-order chi connectivity index (χ0) is 10.5. The third kappa shape index (κ3) is 2.41. The Balaban J connectivity index is 2.17. The van der Waals surface area contributed by atoms with Gasteiger partial charge < -0.3 is 4.74 Å². The van der Waals surface area contributed by atoms with Crippen LogP contribution in [0.1, 0.15) is 5.01 Å². The number of ether oxygens (including phenoxy) is 1. The molecule has 1 aromatic carbocycles. The molecule has 0 aliphatic rings. The lowest BCUT2D eigenvalue weighted by atomic mass is 10.2. The summed E-state index contributed by atoms with van der Waals surface area (Å²) in [6, 6.07) is 9.87. The molecule has 0 aliphatic heterocycles. The van der Waals surface area contributed by atoms with Crippen molar-refractivity contribution in [3.05, 3.63) is 40.7 Å². The third-order valence-corrected chi connectivity index (χ3v) is 2.70. The molecule has 1 aromatic heterocycles. The Bertz CT molecular complexity index is 439. The van der Waals surface area contributed by atoms with Crippen molar-refractivity contribution >= 4 is 17.8 Å². The van der Waals surface area contributed by atoms with E-state index in [0.717, 1.165) is 16.3 Å². The lowest BCUT2D eigenvalue weighted by Crippen LogP contribution is -1.88. The minimum atomic E-state index is 0.195. The van der Waals surface area contributed by atoms with E-state index in [0.29, 0.717) is 0 Å². The molecule has 2 rings (SSSR count). The summed E-state index contributed by atoms with van der Waals surface area (Å²) >= 11 is 1.47. The summed E-state index contributed by atoms with van der Waals surface area (Å²) in [6.45, 7) is 1.58. The Morgan fingerprint density at radius 2 is 2.13 bits per heavy atom. The van der Waals surface area contributed by atoms with Crippen molar-refractivity contribution in [2.75, 3.05) is 0 Å². The highest BCUT2D eigenvalue weighted by Gasteiger charge is 2.03. The predicted molar refractivity (Wildman–Crippen MR) is 58.0 cm³/mol. The average Bonchev–Trinajstić information content (AvgIpc) is 2.76. The molecule has 75 valence electrons. The summed E-state index contributed by atoms with van der Waals surface area (Å²) in [4.78, 5) is 14.2. The number of hydrogen-bond donors (Lipinski definition) is 0. The Hall–Kier alpha value is -1.68. The van der Waals surface area contributed by atoms with Crippen LogP contribution in [0.15, 0.2) is 35.7 Å². The predicted octanol–water partition coefficient (Wildman–Crippen LogP) is 2.39. The largest absolute Gasteiger partial charge is 0.450 e. The van der Waals surface area contributed by atoms with Crippen LogP contribution in [0.25, 0.3) is 11.3 Å². The van der Waals surface area contributed by atoms with Gasteiger partial charge in [-0.25, -0.2) is 9.78 Å². The van der Waals surface area contributed by atoms with Crippen molar-refractivity contribution in [3.63, 3.8) is 0 Å². The monoisotopic (exact) mass is 218 g/mol. The Morgan fingerprint density at radius 1 is 1.33 bits per heavy atom. The zero-order valence-corrected chi connectivity index (χ0v) is 8.66. The van der Waals surface area contributed by atoms with Crippen LogP contribution >= 0.6 is 11.3 Å². The first-order valence-electron chi connectivity index (χ1n) is 4.39. The minimum absolute atomic E-state index is 0.195. The molecule has 0 atom stereocenters. The van der Waals surface area contributed by atoms with Gasteiger partial charge in [0, 0.05) is 10.9 Å². The second kappa shape index (κ2) is 4.70. The van der Waals surface area contributed by atoms with Crippen molar-refractivity contribution < 1.29 is 9.53 Å². The maximum Gasteiger partial charge on any atom is 0.417 e. The van der Waals surface area contributed by atoms with Crippen LogP contribution in [0.2, 0.25) is 0 Å². The fourth-order valence-electron chi connectivity index (χ4n) is 1.21. The molecule has 0 saturated heterocycles. The summed E-state index contributed by atoms with van der Waals surface area (Å²) in [5.41, 5.74) is 1.97. The maximum absolute atomic E-state index is 9.88. The number of rotatable bonds is 4. The number of aromatic nitrogens is 1. The van der Waals surface area contributed by atoms with Gasteiger partial charge in [0.25, 0.3) is 0 Å². The van der Waals surface area contributed by atoms with Crippen molar-refractivity contribution in [1.29, 1.82) is 0 Å². The lowest BCUT2D eigenvalue weighted by molar-refractivity contribution is 0.266. The summed E-state index contributed by atoms with van der Waals surface area (Å²) in [5.74, 6) is 0. The van der Waals surface area contributed by atoms with E-state index < -0.39 is 0 Å². The fraction of sp³-hybridized carbons (Fsp3) is 0.0909. The van der Waals surface area contributed by atoms with Gasteiger partial charge >= 0.3 is 6.47 Å². The summed E-state index contributed by atoms with van der Waals surface area (Å²) in [7, 11) is 0. The summed E-state index contributed by atoms with van der Waals surface area (Å²) < 4.78 is 4.51. The maximum atomic E-state index is 9.88. The Labute approximate surface area is 91.4 Å². The van der Waals surface area contributed by atoms with E-state index in [4.69, 9.17) is 0 Å². The van der Waals surface area contributed by atoms with E-state index in [1.54, 1.807) is 0 Å². The molecule has 1 radical (unpaired) electrons. The molecule has 0 spiro atoms. The van der Waals surface area contributed by atoms with Crippen LogP contribution in [-0.4, -0.2) is 11.5 Å². The fourth-order valence-corrected chi connectivity index (χ4v) is 1.92. The van der Waals surface area contributed by atoms with Crippen LogP contribution in [0.5, 0.6) is 0 Å². The molecule has 2 aromatic rings. The first-order chi connectivity index (χ1) is 7.40. The average molecular weight is 218 g/mol.